The minimum atomic E-state index is 1.09. The Balaban J connectivity index is 0.962. The Morgan fingerprint density at radius 1 is 0.368 bits per heavy atom. The van der Waals surface area contributed by atoms with E-state index >= 15 is 0 Å². The highest BCUT2D eigenvalue weighted by Gasteiger charge is 2.21. The van der Waals surface area contributed by atoms with E-state index in [0.29, 0.717) is 0 Å². The molecule has 0 bridgehead atoms. The number of para-hydroxylation sites is 2. The van der Waals surface area contributed by atoms with Gasteiger partial charge in [-0.3, -0.25) is 0 Å². The maximum absolute atomic E-state index is 2.45. The van der Waals surface area contributed by atoms with E-state index in [4.69, 9.17) is 0 Å². The molecule has 13 rings (SSSR count). The van der Waals surface area contributed by atoms with Crippen LogP contribution in [0.5, 0.6) is 0 Å². The zero-order valence-corrected chi connectivity index (χ0v) is 37.6. The lowest BCUT2D eigenvalue weighted by atomic mass is 9.90. The Bertz CT molecular complexity index is 3880. The fourth-order valence-electron chi connectivity index (χ4n) is 10.8. The third kappa shape index (κ3) is 6.81. The fraction of sp³-hybridized carbons (Fsp3) is 0.0303. The van der Waals surface area contributed by atoms with Crippen LogP contribution in [0, 0.1) is 0 Å². The molecule has 12 aromatic rings. The van der Waals surface area contributed by atoms with E-state index in [-0.39, 0.29) is 0 Å². The zero-order valence-electron chi connectivity index (χ0n) is 37.6. The van der Waals surface area contributed by atoms with E-state index in [1.165, 1.54) is 93.4 Å². The number of benzene rings is 11. The number of nitrogens with zero attached hydrogens (tertiary/aromatic N) is 2. The monoisotopic (exact) mass is 866 g/mol. The van der Waals surface area contributed by atoms with Crippen molar-refractivity contribution in [1.82, 2.24) is 4.57 Å². The highest BCUT2D eigenvalue weighted by atomic mass is 15.1. The van der Waals surface area contributed by atoms with Gasteiger partial charge in [0.2, 0.25) is 0 Å². The number of rotatable bonds is 8. The van der Waals surface area contributed by atoms with Gasteiger partial charge in [-0.2, -0.15) is 0 Å². The second-order valence-electron chi connectivity index (χ2n) is 18.0. The first-order chi connectivity index (χ1) is 33.7. The van der Waals surface area contributed by atoms with E-state index in [2.05, 4.69) is 264 Å². The van der Waals surface area contributed by atoms with Crippen molar-refractivity contribution in [3.63, 3.8) is 0 Å². The molecule has 1 aromatic heterocycles. The number of aryl methyl sites for hydroxylation is 1. The summed E-state index contributed by atoms with van der Waals surface area (Å²) in [6.45, 7) is 0. The topological polar surface area (TPSA) is 8.17 Å². The van der Waals surface area contributed by atoms with Gasteiger partial charge in [0.15, 0.2) is 0 Å². The molecule has 0 atom stereocenters. The first kappa shape index (κ1) is 39.6. The molecule has 2 nitrogen and oxygen atoms in total. The molecule has 0 aliphatic heterocycles. The van der Waals surface area contributed by atoms with Crippen molar-refractivity contribution in [3.8, 4) is 50.2 Å². The minimum absolute atomic E-state index is 1.09. The first-order valence-electron chi connectivity index (χ1n) is 23.7. The summed E-state index contributed by atoms with van der Waals surface area (Å²) in [4.78, 5) is 2.41. The molecule has 0 saturated carbocycles. The number of anilines is 3. The zero-order chi connectivity index (χ0) is 45.0. The maximum atomic E-state index is 2.45. The van der Waals surface area contributed by atoms with Gasteiger partial charge >= 0.3 is 0 Å². The van der Waals surface area contributed by atoms with E-state index in [1.54, 1.807) is 0 Å². The van der Waals surface area contributed by atoms with E-state index in [1.807, 2.05) is 0 Å². The Kier molecular flexibility index (Phi) is 9.68. The molecule has 0 spiro atoms. The van der Waals surface area contributed by atoms with Crippen LogP contribution in [0.2, 0.25) is 0 Å². The van der Waals surface area contributed by atoms with Crippen molar-refractivity contribution in [3.05, 3.63) is 260 Å². The molecule has 0 saturated heterocycles. The normalized spacial score (nSPS) is 12.2. The minimum Gasteiger partial charge on any atom is -0.310 e. The maximum Gasteiger partial charge on any atom is 0.0625 e. The second-order valence-corrected chi connectivity index (χ2v) is 18.0. The summed E-state index contributed by atoms with van der Waals surface area (Å²) in [7, 11) is 0. The van der Waals surface area contributed by atoms with Crippen LogP contribution in [0.25, 0.3) is 99.6 Å². The highest BCUT2D eigenvalue weighted by molar-refractivity contribution is 6.24. The van der Waals surface area contributed by atoms with Gasteiger partial charge < -0.3 is 9.47 Å². The number of aromatic nitrogens is 1. The lowest BCUT2D eigenvalue weighted by Crippen LogP contribution is -2.10. The van der Waals surface area contributed by atoms with Crippen LogP contribution < -0.4 is 4.90 Å². The molecule has 11 aromatic carbocycles. The molecule has 0 radical (unpaired) electrons. The lowest BCUT2D eigenvalue weighted by Gasteiger charge is -2.27. The molecule has 320 valence electrons. The van der Waals surface area contributed by atoms with Gasteiger partial charge in [0.1, 0.15) is 0 Å². The van der Waals surface area contributed by atoms with Crippen molar-refractivity contribution in [1.29, 1.82) is 0 Å². The van der Waals surface area contributed by atoms with Gasteiger partial charge in [0, 0.05) is 38.9 Å². The predicted octanol–water partition coefficient (Wildman–Crippen LogP) is 18.2. The summed E-state index contributed by atoms with van der Waals surface area (Å²) in [5.41, 5.74) is 19.3. The van der Waals surface area contributed by atoms with Crippen molar-refractivity contribution in [2.24, 2.45) is 0 Å². The summed E-state index contributed by atoms with van der Waals surface area (Å²) >= 11 is 0. The van der Waals surface area contributed by atoms with E-state index < -0.39 is 0 Å². The number of hydrogen-bond acceptors (Lipinski definition) is 1. The van der Waals surface area contributed by atoms with Gasteiger partial charge in [0.25, 0.3) is 0 Å². The molecule has 1 heterocycles. The summed E-state index contributed by atoms with van der Waals surface area (Å²) in [5, 5.41) is 7.60. The van der Waals surface area contributed by atoms with Gasteiger partial charge in [-0.1, -0.05) is 188 Å². The smallest absolute Gasteiger partial charge is 0.0625 e. The summed E-state index contributed by atoms with van der Waals surface area (Å²) in [6.07, 6.45) is 6.76. The van der Waals surface area contributed by atoms with Crippen molar-refractivity contribution >= 4 is 66.5 Å². The van der Waals surface area contributed by atoms with Crippen LogP contribution in [0.15, 0.2) is 249 Å². The van der Waals surface area contributed by atoms with Crippen LogP contribution in [-0.2, 0) is 6.42 Å². The third-order valence-corrected chi connectivity index (χ3v) is 14.0. The number of hydrogen-bond donors (Lipinski definition) is 0. The molecule has 0 fully saturated rings. The Morgan fingerprint density at radius 2 is 0.985 bits per heavy atom. The molecular weight excluding hydrogens is 821 g/mol. The van der Waals surface area contributed by atoms with Crippen molar-refractivity contribution in [2.75, 3.05) is 4.90 Å². The predicted molar refractivity (Wildman–Crippen MR) is 290 cm³/mol. The molecule has 2 heteroatoms. The number of allylic oxidation sites excluding steroid dienone is 1. The number of fused-ring (bicyclic) bond motifs is 8. The first-order valence-corrected chi connectivity index (χ1v) is 23.7. The fourth-order valence-corrected chi connectivity index (χ4v) is 10.8. The summed E-state index contributed by atoms with van der Waals surface area (Å²) in [6, 6.07) is 89.2. The SMILES string of the molecule is C1=Cc2ccc3cc(-c4ccc(N(c5ccc(-c6ccccc6-c6ccccc6)cc5)c5cccc(-c6cc7ccccc7c7c6c6ccccc6n7-c6ccccc6)c5)cc4)ccc3c2CC1. The molecule has 1 aliphatic carbocycles. The molecule has 1 aliphatic rings. The lowest BCUT2D eigenvalue weighted by molar-refractivity contribution is 0.997. The van der Waals surface area contributed by atoms with Gasteiger partial charge in [-0.15, -0.1) is 0 Å². The summed E-state index contributed by atoms with van der Waals surface area (Å²) in [5.74, 6) is 0. The largest absolute Gasteiger partial charge is 0.310 e. The molecule has 0 N–H and O–H groups in total. The van der Waals surface area contributed by atoms with E-state index in [9.17, 15) is 0 Å². The van der Waals surface area contributed by atoms with Crippen LogP contribution in [0.1, 0.15) is 17.5 Å². The van der Waals surface area contributed by atoms with Crippen LogP contribution in [-0.4, -0.2) is 4.57 Å². The van der Waals surface area contributed by atoms with Crippen LogP contribution in [0.4, 0.5) is 17.1 Å². The standard InChI is InChI=1S/C66H46N2/c1-3-16-46(17-4-1)57-25-11-12-26-59(57)48-34-39-55(40-35-48)67(54-37-32-45(33-38-54)49-36-41-60-52(42-49)31-30-47-18-7-9-24-58(47)60)56-23-15-20-50(43-56)63-44-51-19-8-10-27-61(51)66-65(63)62-28-13-14-29-64(62)68(66)53-21-5-2-6-22-53/h1-8,10-23,25-44H,9,24H2. The van der Waals surface area contributed by atoms with Gasteiger partial charge in [0.05, 0.1) is 11.0 Å². The Hall–Kier alpha value is -8.72. The summed E-state index contributed by atoms with van der Waals surface area (Å²) < 4.78 is 2.45. The van der Waals surface area contributed by atoms with Crippen LogP contribution >= 0.6 is 0 Å². The van der Waals surface area contributed by atoms with Crippen molar-refractivity contribution in [2.45, 2.75) is 12.8 Å². The Morgan fingerprint density at radius 3 is 1.76 bits per heavy atom. The average molecular weight is 867 g/mol. The van der Waals surface area contributed by atoms with Crippen molar-refractivity contribution < 1.29 is 0 Å². The van der Waals surface area contributed by atoms with Gasteiger partial charge in [-0.25, -0.2) is 0 Å². The van der Waals surface area contributed by atoms with E-state index in [0.717, 1.165) is 41.2 Å². The highest BCUT2D eigenvalue weighted by Crippen LogP contribution is 2.45. The van der Waals surface area contributed by atoms with Crippen LogP contribution in [0.3, 0.4) is 0 Å². The average Bonchev–Trinajstić information content (AvgIpc) is 3.77. The molecule has 0 amide bonds. The van der Waals surface area contributed by atoms with Gasteiger partial charge in [-0.05, 0) is 151 Å². The molecular formula is C66H46N2. The quantitative estimate of drug-likeness (QED) is 0.148. The Labute approximate surface area is 397 Å². The molecule has 0 unspecified atom stereocenters. The molecule has 68 heavy (non-hydrogen) atoms. The third-order valence-electron chi connectivity index (χ3n) is 14.0. The second kappa shape index (κ2) is 16.6.